The lowest BCUT2D eigenvalue weighted by atomic mass is 9.96. The number of hydrogen-bond donors (Lipinski definition) is 0. The molecule has 0 radical (unpaired) electrons. The summed E-state index contributed by atoms with van der Waals surface area (Å²) in [5, 5.41) is 0. The van der Waals surface area contributed by atoms with Gasteiger partial charge in [0, 0.05) is 13.1 Å². The molecule has 0 unspecified atom stereocenters. The number of halogens is 3. The highest BCUT2D eigenvalue weighted by Crippen LogP contribution is 2.35. The van der Waals surface area contributed by atoms with Crippen molar-refractivity contribution in [3.05, 3.63) is 24.0 Å². The summed E-state index contributed by atoms with van der Waals surface area (Å²) in [5.74, 6) is -1.18. The van der Waals surface area contributed by atoms with Crippen molar-refractivity contribution in [3.8, 4) is 0 Å². The van der Waals surface area contributed by atoms with Crippen LogP contribution < -0.4 is 0 Å². The molecule has 0 aromatic carbocycles. The van der Waals surface area contributed by atoms with Crippen LogP contribution in [0.4, 0.5) is 13.2 Å². The fraction of sp³-hybridized carbons (Fsp3) is 0.583. The van der Waals surface area contributed by atoms with Crippen LogP contribution in [-0.2, 0) is 0 Å². The van der Waals surface area contributed by atoms with E-state index >= 15 is 0 Å². The largest absolute Gasteiger partial charge is 0.391 e. The molecular formula is C12H17F3N2. The summed E-state index contributed by atoms with van der Waals surface area (Å²) >= 11 is 0. The number of nitrogens with zero attached hydrogens (tertiary/aromatic N) is 2. The third-order valence-electron chi connectivity index (χ3n) is 3.10. The summed E-state index contributed by atoms with van der Waals surface area (Å²) < 4.78 is 37.5. The number of likely N-dealkylation sites (tertiary alicyclic amines) is 1. The molecule has 0 aromatic heterocycles. The molecular weight excluding hydrogens is 229 g/mol. The molecule has 1 rings (SSSR count). The monoisotopic (exact) mass is 246 g/mol. The van der Waals surface area contributed by atoms with E-state index in [1.165, 1.54) is 0 Å². The average molecular weight is 246 g/mol. The first-order valence-electron chi connectivity index (χ1n) is 5.51. The fourth-order valence-corrected chi connectivity index (χ4v) is 2.03. The minimum Gasteiger partial charge on any atom is -0.370 e. The lowest BCUT2D eigenvalue weighted by Crippen LogP contribution is -2.38. The average Bonchev–Trinajstić information content (AvgIpc) is 2.29. The van der Waals surface area contributed by atoms with Gasteiger partial charge in [0.05, 0.1) is 17.3 Å². The second kappa shape index (κ2) is 5.38. The van der Waals surface area contributed by atoms with Crippen molar-refractivity contribution in [2.45, 2.75) is 25.9 Å². The molecule has 0 saturated carbocycles. The van der Waals surface area contributed by atoms with Gasteiger partial charge in [-0.05, 0) is 32.6 Å². The fourth-order valence-electron chi connectivity index (χ4n) is 2.03. The SMILES string of the molecule is C=C/C(=C(\C)N=C)N1CCC(C(F)(F)F)CC1. The highest BCUT2D eigenvalue weighted by Gasteiger charge is 2.41. The molecule has 0 bridgehead atoms. The lowest BCUT2D eigenvalue weighted by Gasteiger charge is -2.35. The standard InChI is InChI=1S/C12H17F3N2/c1-4-11(9(2)16-3)17-7-5-10(6-8-17)12(13,14)15/h4,10H,1,3,5-8H2,2H3/b11-9-. The van der Waals surface area contributed by atoms with Crippen molar-refractivity contribution >= 4 is 6.72 Å². The predicted octanol–water partition coefficient (Wildman–Crippen LogP) is 3.38. The number of hydrogen-bond acceptors (Lipinski definition) is 2. The Balaban J connectivity index is 2.69. The maximum absolute atomic E-state index is 12.5. The molecule has 17 heavy (non-hydrogen) atoms. The molecule has 0 aromatic rings. The number of rotatable bonds is 3. The molecule has 0 amide bonds. The van der Waals surface area contributed by atoms with E-state index in [9.17, 15) is 13.2 Å². The third-order valence-corrected chi connectivity index (χ3v) is 3.10. The predicted molar refractivity (Wildman–Crippen MR) is 62.8 cm³/mol. The van der Waals surface area contributed by atoms with Gasteiger partial charge in [0.1, 0.15) is 0 Å². The molecule has 0 aliphatic carbocycles. The zero-order valence-electron chi connectivity index (χ0n) is 9.93. The maximum atomic E-state index is 12.5. The van der Waals surface area contributed by atoms with E-state index in [2.05, 4.69) is 18.3 Å². The first-order valence-corrected chi connectivity index (χ1v) is 5.51. The van der Waals surface area contributed by atoms with Crippen LogP contribution in [0.1, 0.15) is 19.8 Å². The van der Waals surface area contributed by atoms with Crippen LogP contribution in [0, 0.1) is 5.92 Å². The van der Waals surface area contributed by atoms with Gasteiger partial charge in [0.2, 0.25) is 0 Å². The van der Waals surface area contributed by atoms with Gasteiger partial charge in [0.25, 0.3) is 0 Å². The first kappa shape index (κ1) is 13.8. The molecule has 2 nitrogen and oxygen atoms in total. The Morgan fingerprint density at radius 1 is 1.35 bits per heavy atom. The molecule has 1 aliphatic heterocycles. The number of piperidine rings is 1. The van der Waals surface area contributed by atoms with Crippen LogP contribution in [0.15, 0.2) is 29.0 Å². The molecule has 0 atom stereocenters. The molecule has 1 fully saturated rings. The quantitative estimate of drug-likeness (QED) is 0.550. The summed E-state index contributed by atoms with van der Waals surface area (Å²) in [6.45, 7) is 9.63. The number of aliphatic imine (C=N–C) groups is 1. The summed E-state index contributed by atoms with van der Waals surface area (Å²) in [7, 11) is 0. The second-order valence-electron chi connectivity index (χ2n) is 4.14. The molecule has 1 aliphatic rings. The molecule has 96 valence electrons. The van der Waals surface area contributed by atoms with Gasteiger partial charge < -0.3 is 4.90 Å². The Labute approximate surface area is 99.5 Å². The first-order chi connectivity index (χ1) is 7.90. The second-order valence-corrected chi connectivity index (χ2v) is 4.14. The Morgan fingerprint density at radius 3 is 2.24 bits per heavy atom. The number of allylic oxidation sites excluding steroid dienone is 2. The van der Waals surface area contributed by atoms with Crippen LogP contribution in [0.2, 0.25) is 0 Å². The lowest BCUT2D eigenvalue weighted by molar-refractivity contribution is -0.184. The van der Waals surface area contributed by atoms with Crippen molar-refractivity contribution in [1.82, 2.24) is 4.90 Å². The third kappa shape index (κ3) is 3.35. The topological polar surface area (TPSA) is 15.6 Å². The Kier molecular flexibility index (Phi) is 4.37. The van der Waals surface area contributed by atoms with Crippen molar-refractivity contribution in [2.75, 3.05) is 13.1 Å². The van der Waals surface area contributed by atoms with Crippen LogP contribution in [0.25, 0.3) is 0 Å². The van der Waals surface area contributed by atoms with Crippen LogP contribution in [0.5, 0.6) is 0 Å². The van der Waals surface area contributed by atoms with E-state index < -0.39 is 12.1 Å². The molecule has 1 saturated heterocycles. The van der Waals surface area contributed by atoms with Gasteiger partial charge in [-0.2, -0.15) is 13.2 Å². The van der Waals surface area contributed by atoms with Gasteiger partial charge >= 0.3 is 6.18 Å². The van der Waals surface area contributed by atoms with E-state index in [4.69, 9.17) is 0 Å². The normalized spacial score (nSPS) is 19.9. The minimum atomic E-state index is -4.07. The zero-order valence-corrected chi connectivity index (χ0v) is 9.93. The van der Waals surface area contributed by atoms with Crippen molar-refractivity contribution < 1.29 is 13.2 Å². The summed E-state index contributed by atoms with van der Waals surface area (Å²) in [6.07, 6.45) is -2.19. The van der Waals surface area contributed by atoms with Gasteiger partial charge in [-0.3, -0.25) is 4.99 Å². The minimum absolute atomic E-state index is 0.130. The van der Waals surface area contributed by atoms with Crippen molar-refractivity contribution in [3.63, 3.8) is 0 Å². The van der Waals surface area contributed by atoms with Gasteiger partial charge in [-0.25, -0.2) is 0 Å². The highest BCUT2D eigenvalue weighted by molar-refractivity contribution is 5.32. The van der Waals surface area contributed by atoms with E-state index in [0.717, 1.165) is 5.70 Å². The van der Waals surface area contributed by atoms with Gasteiger partial charge in [0.15, 0.2) is 0 Å². The van der Waals surface area contributed by atoms with Crippen LogP contribution in [0.3, 0.4) is 0 Å². The van der Waals surface area contributed by atoms with Crippen LogP contribution in [-0.4, -0.2) is 30.9 Å². The van der Waals surface area contributed by atoms with Crippen LogP contribution >= 0.6 is 0 Å². The Morgan fingerprint density at radius 2 is 1.88 bits per heavy atom. The van der Waals surface area contributed by atoms with E-state index in [-0.39, 0.29) is 12.8 Å². The number of alkyl halides is 3. The Hall–Kier alpha value is -1.26. The highest BCUT2D eigenvalue weighted by atomic mass is 19.4. The van der Waals surface area contributed by atoms with Crippen molar-refractivity contribution in [2.24, 2.45) is 10.9 Å². The van der Waals surface area contributed by atoms with Crippen molar-refractivity contribution in [1.29, 1.82) is 0 Å². The maximum Gasteiger partial charge on any atom is 0.391 e. The molecule has 5 heteroatoms. The smallest absolute Gasteiger partial charge is 0.370 e. The summed E-state index contributed by atoms with van der Waals surface area (Å²) in [5.41, 5.74) is 1.48. The van der Waals surface area contributed by atoms with Gasteiger partial charge in [-0.1, -0.05) is 6.58 Å². The molecule has 1 heterocycles. The summed E-state index contributed by atoms with van der Waals surface area (Å²) in [4.78, 5) is 5.69. The van der Waals surface area contributed by atoms with Gasteiger partial charge in [-0.15, -0.1) is 0 Å². The summed E-state index contributed by atoms with van der Waals surface area (Å²) in [6, 6.07) is 0. The zero-order chi connectivity index (χ0) is 13.1. The Bertz CT molecular complexity index is 323. The molecule has 0 spiro atoms. The van der Waals surface area contributed by atoms with E-state index in [0.29, 0.717) is 18.8 Å². The molecule has 0 N–H and O–H groups in total. The van der Waals surface area contributed by atoms with E-state index in [1.54, 1.807) is 13.0 Å². The van der Waals surface area contributed by atoms with E-state index in [1.807, 2.05) is 4.90 Å².